The molecule has 6 nitrogen and oxygen atoms in total. The molecule has 0 fully saturated rings. The first-order chi connectivity index (χ1) is 9.02. The van der Waals surface area contributed by atoms with Crippen molar-refractivity contribution in [2.75, 3.05) is 11.9 Å². The van der Waals surface area contributed by atoms with Crippen LogP contribution in [0.5, 0.6) is 0 Å². The van der Waals surface area contributed by atoms with Crippen molar-refractivity contribution in [3.63, 3.8) is 0 Å². The molecule has 0 aliphatic heterocycles. The summed E-state index contributed by atoms with van der Waals surface area (Å²) >= 11 is 0. The van der Waals surface area contributed by atoms with E-state index in [4.69, 9.17) is 5.11 Å². The van der Waals surface area contributed by atoms with Gasteiger partial charge in [-0.2, -0.15) is 0 Å². The average molecular weight is 262 g/mol. The first-order valence-corrected chi connectivity index (χ1v) is 5.63. The Morgan fingerprint density at radius 2 is 2.00 bits per heavy atom. The maximum Gasteiger partial charge on any atom is 0.328 e. The lowest BCUT2D eigenvalue weighted by molar-refractivity contribution is -0.131. The number of aliphatic carboxylic acids is 1. The number of carboxylic acids is 1. The summed E-state index contributed by atoms with van der Waals surface area (Å²) in [5, 5.41) is 13.5. The van der Waals surface area contributed by atoms with E-state index in [1.54, 1.807) is 25.1 Å². The molecular weight excluding hydrogens is 248 g/mol. The number of carbonyl (C=O) groups is 3. The quantitative estimate of drug-likeness (QED) is 0.690. The molecule has 0 spiro atoms. The van der Waals surface area contributed by atoms with Crippen molar-refractivity contribution in [3.05, 3.63) is 42.0 Å². The highest BCUT2D eigenvalue weighted by molar-refractivity contribution is 6.03. The van der Waals surface area contributed by atoms with Crippen molar-refractivity contribution in [3.8, 4) is 0 Å². The number of hydrogen-bond donors (Lipinski definition) is 3. The SMILES string of the molecule is CCNC(=O)c1cccc(NC(=O)/C=C/C(=O)O)c1. The molecular formula is C13H14N2O4. The lowest BCUT2D eigenvalue weighted by Gasteiger charge is -2.05. The Bertz CT molecular complexity index is 523. The Morgan fingerprint density at radius 1 is 1.26 bits per heavy atom. The summed E-state index contributed by atoms with van der Waals surface area (Å²) in [7, 11) is 0. The molecule has 1 aromatic carbocycles. The average Bonchev–Trinajstić information content (AvgIpc) is 2.37. The minimum atomic E-state index is -1.20. The molecule has 6 heteroatoms. The maximum absolute atomic E-state index is 11.6. The van der Waals surface area contributed by atoms with Crippen LogP contribution in [-0.4, -0.2) is 29.4 Å². The van der Waals surface area contributed by atoms with Gasteiger partial charge in [0.25, 0.3) is 5.91 Å². The second-order valence-electron chi connectivity index (χ2n) is 3.60. The van der Waals surface area contributed by atoms with E-state index in [9.17, 15) is 14.4 Å². The van der Waals surface area contributed by atoms with E-state index in [-0.39, 0.29) is 5.91 Å². The van der Waals surface area contributed by atoms with Crippen LogP contribution < -0.4 is 10.6 Å². The second-order valence-corrected chi connectivity index (χ2v) is 3.60. The van der Waals surface area contributed by atoms with Crippen molar-refractivity contribution in [1.82, 2.24) is 5.32 Å². The van der Waals surface area contributed by atoms with Crippen molar-refractivity contribution < 1.29 is 19.5 Å². The Labute approximate surface area is 110 Å². The molecule has 1 aromatic rings. The summed E-state index contributed by atoms with van der Waals surface area (Å²) in [6.45, 7) is 2.32. The van der Waals surface area contributed by atoms with Gasteiger partial charge in [0, 0.05) is 29.9 Å². The van der Waals surface area contributed by atoms with E-state index in [1.165, 1.54) is 6.07 Å². The molecule has 0 unspecified atom stereocenters. The largest absolute Gasteiger partial charge is 0.478 e. The van der Waals surface area contributed by atoms with Crippen LogP contribution in [0.3, 0.4) is 0 Å². The van der Waals surface area contributed by atoms with Gasteiger partial charge >= 0.3 is 5.97 Å². The van der Waals surface area contributed by atoms with E-state index in [0.717, 1.165) is 12.2 Å². The van der Waals surface area contributed by atoms with Crippen LogP contribution in [0.4, 0.5) is 5.69 Å². The molecule has 0 saturated carbocycles. The van der Waals surface area contributed by atoms with Crippen LogP contribution >= 0.6 is 0 Å². The summed E-state index contributed by atoms with van der Waals surface area (Å²) in [4.78, 5) is 33.2. The lowest BCUT2D eigenvalue weighted by atomic mass is 10.2. The molecule has 3 N–H and O–H groups in total. The van der Waals surface area contributed by atoms with Gasteiger partial charge in [-0.25, -0.2) is 4.79 Å². The summed E-state index contributed by atoms with van der Waals surface area (Å²) in [5.41, 5.74) is 0.839. The summed E-state index contributed by atoms with van der Waals surface area (Å²) in [6.07, 6.45) is 1.64. The van der Waals surface area contributed by atoms with Gasteiger partial charge in [-0.1, -0.05) is 6.07 Å². The molecule has 0 radical (unpaired) electrons. The van der Waals surface area contributed by atoms with Crippen LogP contribution in [0.1, 0.15) is 17.3 Å². The van der Waals surface area contributed by atoms with E-state index in [2.05, 4.69) is 10.6 Å². The van der Waals surface area contributed by atoms with Crippen LogP contribution in [0.2, 0.25) is 0 Å². The van der Waals surface area contributed by atoms with Crippen molar-refractivity contribution >= 4 is 23.5 Å². The summed E-state index contributed by atoms with van der Waals surface area (Å²) < 4.78 is 0. The monoisotopic (exact) mass is 262 g/mol. The van der Waals surface area contributed by atoms with Crippen LogP contribution in [0, 0.1) is 0 Å². The smallest absolute Gasteiger partial charge is 0.328 e. The van der Waals surface area contributed by atoms with Gasteiger partial charge in [0.2, 0.25) is 5.91 Å². The van der Waals surface area contributed by atoms with Crippen molar-refractivity contribution in [2.45, 2.75) is 6.92 Å². The number of nitrogens with one attached hydrogen (secondary N) is 2. The number of anilines is 1. The number of rotatable bonds is 5. The van der Waals surface area contributed by atoms with Gasteiger partial charge in [0.15, 0.2) is 0 Å². The van der Waals surface area contributed by atoms with Crippen LogP contribution in [0.25, 0.3) is 0 Å². The molecule has 1 rings (SSSR count). The molecule has 0 saturated heterocycles. The predicted octanol–water partition coefficient (Wildman–Crippen LogP) is 1.02. The van der Waals surface area contributed by atoms with Crippen LogP contribution in [-0.2, 0) is 9.59 Å². The maximum atomic E-state index is 11.6. The third kappa shape index (κ3) is 5.03. The highest BCUT2D eigenvalue weighted by atomic mass is 16.4. The fraction of sp³-hybridized carbons (Fsp3) is 0.154. The Morgan fingerprint density at radius 3 is 2.63 bits per heavy atom. The van der Waals surface area contributed by atoms with Gasteiger partial charge in [0.1, 0.15) is 0 Å². The van der Waals surface area contributed by atoms with E-state index in [1.807, 2.05) is 0 Å². The lowest BCUT2D eigenvalue weighted by Crippen LogP contribution is -2.22. The third-order valence-electron chi connectivity index (χ3n) is 2.11. The van der Waals surface area contributed by atoms with Gasteiger partial charge < -0.3 is 15.7 Å². The number of hydrogen-bond acceptors (Lipinski definition) is 3. The normalized spacial score (nSPS) is 10.2. The highest BCUT2D eigenvalue weighted by Gasteiger charge is 2.05. The third-order valence-corrected chi connectivity index (χ3v) is 2.11. The van der Waals surface area contributed by atoms with Gasteiger partial charge in [-0.3, -0.25) is 9.59 Å². The summed E-state index contributed by atoms with van der Waals surface area (Å²) in [6, 6.07) is 6.36. The second kappa shape index (κ2) is 6.95. The minimum Gasteiger partial charge on any atom is -0.478 e. The molecule has 0 atom stereocenters. The Hall–Kier alpha value is -2.63. The topological polar surface area (TPSA) is 95.5 Å². The number of carboxylic acid groups (broad SMARTS) is 1. The minimum absolute atomic E-state index is 0.236. The molecule has 19 heavy (non-hydrogen) atoms. The van der Waals surface area contributed by atoms with E-state index in [0.29, 0.717) is 17.8 Å². The molecule has 0 aliphatic rings. The van der Waals surface area contributed by atoms with E-state index >= 15 is 0 Å². The molecule has 100 valence electrons. The zero-order valence-corrected chi connectivity index (χ0v) is 10.3. The Kier molecular flexibility index (Phi) is 5.28. The zero-order valence-electron chi connectivity index (χ0n) is 10.3. The molecule has 0 heterocycles. The van der Waals surface area contributed by atoms with E-state index < -0.39 is 11.9 Å². The first-order valence-electron chi connectivity index (χ1n) is 5.63. The molecule has 2 amide bonds. The zero-order chi connectivity index (χ0) is 14.3. The number of amides is 2. The van der Waals surface area contributed by atoms with Gasteiger partial charge in [-0.15, -0.1) is 0 Å². The predicted molar refractivity (Wildman–Crippen MR) is 69.9 cm³/mol. The number of benzene rings is 1. The first kappa shape index (κ1) is 14.4. The Balaban J connectivity index is 2.74. The highest BCUT2D eigenvalue weighted by Crippen LogP contribution is 2.10. The van der Waals surface area contributed by atoms with Gasteiger partial charge in [-0.05, 0) is 25.1 Å². The fourth-order valence-electron chi connectivity index (χ4n) is 1.33. The van der Waals surface area contributed by atoms with Gasteiger partial charge in [0.05, 0.1) is 0 Å². The van der Waals surface area contributed by atoms with Crippen molar-refractivity contribution in [1.29, 1.82) is 0 Å². The molecule has 0 bridgehead atoms. The molecule has 0 aliphatic carbocycles. The van der Waals surface area contributed by atoms with Crippen LogP contribution in [0.15, 0.2) is 36.4 Å². The number of carbonyl (C=O) groups excluding carboxylic acids is 2. The standard InChI is InChI=1S/C13H14N2O4/c1-2-14-13(19)9-4-3-5-10(8-9)15-11(16)6-7-12(17)18/h3-8H,2H2,1H3,(H,14,19)(H,15,16)(H,17,18)/b7-6+. The van der Waals surface area contributed by atoms with Crippen molar-refractivity contribution in [2.24, 2.45) is 0 Å². The fourth-order valence-corrected chi connectivity index (χ4v) is 1.33. The summed E-state index contributed by atoms with van der Waals surface area (Å²) in [5.74, 6) is -2.01. The molecule has 0 aromatic heterocycles.